The summed E-state index contributed by atoms with van der Waals surface area (Å²) in [6, 6.07) is 9.30. The van der Waals surface area contributed by atoms with Crippen molar-refractivity contribution in [2.75, 3.05) is 19.6 Å². The van der Waals surface area contributed by atoms with Crippen LogP contribution in [0.1, 0.15) is 76.8 Å². The number of benzene rings is 2. The van der Waals surface area contributed by atoms with Gasteiger partial charge < -0.3 is 65.1 Å². The summed E-state index contributed by atoms with van der Waals surface area (Å²) in [6.07, 6.45) is 4.21. The Balaban J connectivity index is 1.78. The van der Waals surface area contributed by atoms with Gasteiger partial charge in [-0.2, -0.15) is 0 Å². The van der Waals surface area contributed by atoms with E-state index in [1.807, 2.05) is 31.2 Å². The number of para-hydroxylation sites is 1. The van der Waals surface area contributed by atoms with E-state index in [9.17, 15) is 38.4 Å². The van der Waals surface area contributed by atoms with E-state index in [4.69, 9.17) is 22.9 Å². The smallest absolute Gasteiger partial charge is 0.243 e. The monoisotopic (exact) mass is 904 g/mol. The number of aromatic nitrogens is 1. The van der Waals surface area contributed by atoms with Crippen LogP contribution in [0.5, 0.6) is 0 Å². The summed E-state index contributed by atoms with van der Waals surface area (Å²) < 4.78 is 0. The lowest BCUT2D eigenvalue weighted by Crippen LogP contribution is -2.59. The van der Waals surface area contributed by atoms with Gasteiger partial charge in [-0.15, -0.1) is 0 Å². The molecule has 3 rings (SSSR count). The highest BCUT2D eigenvalue weighted by atomic mass is 16.2. The summed E-state index contributed by atoms with van der Waals surface area (Å²) in [4.78, 5) is 113. The number of aromatic amines is 1. The summed E-state index contributed by atoms with van der Waals surface area (Å²) in [5.74, 6) is -5.59. The fourth-order valence-electron chi connectivity index (χ4n) is 6.84. The molecule has 1 aromatic heterocycles. The number of H-pyrrole nitrogens is 1. The number of guanidine groups is 1. The number of hydrogen-bond donors (Lipinski definition) is 12. The zero-order valence-electron chi connectivity index (χ0n) is 37.2. The first kappa shape index (κ1) is 52.3. The SMILES string of the molecule is CCCC[C@H](NC(C)=O)C(=O)NCC(=O)N[C@@H](CCCN)C(=O)N[C@H](Cc1ccccc1)C(=O)N[C@@H](CCCN=C(N)N)C(=O)N[C@@H](C)C(=O)N[C@@H](Cc1c[nH]c2ccccc12)C(N)=O. The van der Waals surface area contributed by atoms with Gasteiger partial charge in [-0.3, -0.25) is 43.3 Å². The topological polar surface area (TPSA) is 353 Å². The molecule has 0 bridgehead atoms. The molecule has 8 amide bonds. The van der Waals surface area contributed by atoms with Crippen LogP contribution in [0.3, 0.4) is 0 Å². The molecule has 0 saturated carbocycles. The molecule has 65 heavy (non-hydrogen) atoms. The van der Waals surface area contributed by atoms with Crippen LogP contribution in [0.25, 0.3) is 10.9 Å². The third-order valence-electron chi connectivity index (χ3n) is 10.3. The Morgan fingerprint density at radius 3 is 1.89 bits per heavy atom. The lowest BCUT2D eigenvalue weighted by atomic mass is 10.0. The highest BCUT2D eigenvalue weighted by molar-refractivity contribution is 5.97. The Bertz CT molecular complexity index is 2110. The fraction of sp³-hybridized carbons (Fsp3) is 0.477. The van der Waals surface area contributed by atoms with E-state index >= 15 is 0 Å². The molecule has 3 aromatic rings. The van der Waals surface area contributed by atoms with E-state index in [2.05, 4.69) is 47.2 Å². The first-order valence-electron chi connectivity index (χ1n) is 21.7. The molecule has 0 saturated heterocycles. The van der Waals surface area contributed by atoms with E-state index in [0.717, 1.165) is 22.9 Å². The molecular weight excluding hydrogens is 839 g/mol. The Labute approximate surface area is 378 Å². The molecule has 0 aliphatic heterocycles. The van der Waals surface area contributed by atoms with Crippen molar-refractivity contribution in [3.05, 3.63) is 71.9 Å². The lowest BCUT2D eigenvalue weighted by Gasteiger charge is -2.26. The number of primary amides is 1. The van der Waals surface area contributed by atoms with Crippen molar-refractivity contribution in [2.45, 2.75) is 115 Å². The second-order valence-corrected chi connectivity index (χ2v) is 15.7. The second kappa shape index (κ2) is 27.2. The third kappa shape index (κ3) is 18.3. The molecule has 0 radical (unpaired) electrons. The predicted molar refractivity (Wildman–Crippen MR) is 245 cm³/mol. The van der Waals surface area contributed by atoms with Crippen molar-refractivity contribution in [1.29, 1.82) is 0 Å². The normalized spacial score (nSPS) is 13.7. The average molecular weight is 904 g/mol. The van der Waals surface area contributed by atoms with Crippen molar-refractivity contribution in [3.63, 3.8) is 0 Å². The molecule has 0 aliphatic carbocycles. The van der Waals surface area contributed by atoms with Crippen molar-refractivity contribution < 1.29 is 38.4 Å². The number of fused-ring (bicyclic) bond motifs is 1. The molecule has 354 valence electrons. The van der Waals surface area contributed by atoms with Gasteiger partial charge in [0.1, 0.15) is 36.3 Å². The number of nitrogens with one attached hydrogen (secondary N) is 8. The molecule has 1 heterocycles. The average Bonchev–Trinajstić information content (AvgIpc) is 3.68. The van der Waals surface area contributed by atoms with Gasteiger partial charge in [0, 0.05) is 43.4 Å². The number of hydrogen-bond acceptors (Lipinski definition) is 10. The highest BCUT2D eigenvalue weighted by Crippen LogP contribution is 2.19. The van der Waals surface area contributed by atoms with Gasteiger partial charge in [-0.25, -0.2) is 0 Å². The number of amides is 8. The molecule has 0 spiro atoms. The largest absolute Gasteiger partial charge is 0.370 e. The molecule has 6 atom stereocenters. The lowest BCUT2D eigenvalue weighted by molar-refractivity contribution is -0.135. The quantitative estimate of drug-likeness (QED) is 0.0226. The number of aliphatic imine (C=N–C) groups is 1. The minimum atomic E-state index is -1.28. The number of unbranched alkanes of at least 4 members (excludes halogenated alkanes) is 1. The number of carbonyl (C=O) groups is 8. The number of nitrogens with two attached hydrogens (primary N) is 4. The molecule has 0 aliphatic rings. The van der Waals surface area contributed by atoms with Gasteiger partial charge in [0.2, 0.25) is 47.3 Å². The van der Waals surface area contributed by atoms with Crippen molar-refractivity contribution in [3.8, 4) is 0 Å². The highest BCUT2D eigenvalue weighted by Gasteiger charge is 2.32. The molecule has 2 aromatic carbocycles. The van der Waals surface area contributed by atoms with E-state index in [-0.39, 0.29) is 51.2 Å². The summed E-state index contributed by atoms with van der Waals surface area (Å²) in [7, 11) is 0. The van der Waals surface area contributed by atoms with Gasteiger partial charge in [0.25, 0.3) is 0 Å². The van der Waals surface area contributed by atoms with E-state index in [1.165, 1.54) is 13.8 Å². The molecule has 0 unspecified atom stereocenters. The Kier molecular flexibility index (Phi) is 21.9. The minimum Gasteiger partial charge on any atom is -0.370 e. The van der Waals surface area contributed by atoms with Crippen LogP contribution in [0.15, 0.2) is 65.8 Å². The fourth-order valence-corrected chi connectivity index (χ4v) is 6.84. The van der Waals surface area contributed by atoms with Crippen LogP contribution < -0.4 is 60.2 Å². The zero-order chi connectivity index (χ0) is 47.9. The Morgan fingerprint density at radius 2 is 1.23 bits per heavy atom. The van der Waals surface area contributed by atoms with Crippen molar-refractivity contribution >= 4 is 64.1 Å². The maximum Gasteiger partial charge on any atom is 0.243 e. The Hall–Kier alpha value is -7.03. The second-order valence-electron chi connectivity index (χ2n) is 15.7. The standard InChI is InChI=1S/C44H65N13O8/c1-4-5-16-32(53-27(3)58)40(62)51-25-37(59)54-33(18-11-20-45)42(64)57-36(22-28-13-7-6-8-14-28)43(65)55-34(19-12-21-49-44(47)48)41(63)52-26(2)39(61)56-35(38(46)60)23-29-24-50-31-17-10-9-15-30(29)31/h6-10,13-15,17,24,26,32-36,50H,4-5,11-12,16,18-23,25,45H2,1-3H3,(H2,46,60)(H,51,62)(H,52,63)(H,53,58)(H,54,59)(H,55,65)(H,56,61)(H,57,64)(H4,47,48,49)/t26-,32-,33-,34-,35-,36+/m0/s1. The number of nitrogens with zero attached hydrogens (tertiary/aromatic N) is 1. The van der Waals surface area contributed by atoms with Crippen LogP contribution in [0, 0.1) is 0 Å². The maximum atomic E-state index is 14.2. The molecule has 21 nitrogen and oxygen atoms in total. The van der Waals surface area contributed by atoms with Gasteiger partial charge >= 0.3 is 0 Å². The first-order valence-corrected chi connectivity index (χ1v) is 21.7. The van der Waals surface area contributed by atoms with Crippen LogP contribution in [-0.4, -0.2) is 114 Å². The molecule has 21 heteroatoms. The maximum absolute atomic E-state index is 14.2. The molecule has 0 fully saturated rings. The van der Waals surface area contributed by atoms with Crippen LogP contribution >= 0.6 is 0 Å². The predicted octanol–water partition coefficient (Wildman–Crippen LogP) is -1.51. The summed E-state index contributed by atoms with van der Waals surface area (Å²) in [5, 5.41) is 19.2. The third-order valence-corrected chi connectivity index (χ3v) is 10.3. The number of rotatable bonds is 28. The summed E-state index contributed by atoms with van der Waals surface area (Å²) in [6.45, 7) is 4.41. The van der Waals surface area contributed by atoms with Gasteiger partial charge in [-0.05, 0) is 62.8 Å². The zero-order valence-corrected chi connectivity index (χ0v) is 37.2. The van der Waals surface area contributed by atoms with Crippen molar-refractivity contribution in [1.82, 2.24) is 42.2 Å². The van der Waals surface area contributed by atoms with Crippen LogP contribution in [0.2, 0.25) is 0 Å². The van der Waals surface area contributed by atoms with Gasteiger partial charge in [0.05, 0.1) is 6.54 Å². The van der Waals surface area contributed by atoms with E-state index < -0.39 is 90.1 Å². The summed E-state index contributed by atoms with van der Waals surface area (Å²) >= 11 is 0. The number of carbonyl (C=O) groups excluding carboxylic acids is 8. The first-order chi connectivity index (χ1) is 31.0. The molecular formula is C44H65N13O8. The Morgan fingerprint density at radius 1 is 0.646 bits per heavy atom. The van der Waals surface area contributed by atoms with Gasteiger partial charge in [0.15, 0.2) is 5.96 Å². The van der Waals surface area contributed by atoms with Crippen LogP contribution in [0.4, 0.5) is 0 Å². The van der Waals surface area contributed by atoms with E-state index in [1.54, 1.807) is 36.5 Å². The molecule has 16 N–H and O–H groups in total. The van der Waals surface area contributed by atoms with Gasteiger partial charge in [-0.1, -0.05) is 68.3 Å². The minimum absolute atomic E-state index is 0.00130. The van der Waals surface area contributed by atoms with Crippen molar-refractivity contribution in [2.24, 2.45) is 27.9 Å². The summed E-state index contributed by atoms with van der Waals surface area (Å²) in [5.41, 5.74) is 24.6. The van der Waals surface area contributed by atoms with E-state index in [0.29, 0.717) is 24.8 Å². The van der Waals surface area contributed by atoms with Crippen LogP contribution in [-0.2, 0) is 51.2 Å².